The molecule has 0 saturated heterocycles. The number of rotatable bonds is 11. The maximum Gasteiger partial charge on any atom is 0.416 e. The average molecular weight is 704 g/mol. The summed E-state index contributed by atoms with van der Waals surface area (Å²) in [5.74, 6) is -2.23. The second-order valence-corrected chi connectivity index (χ2v) is 11.5. The van der Waals surface area contributed by atoms with Crippen LogP contribution >= 0.6 is 15.9 Å². The highest BCUT2D eigenvalue weighted by atomic mass is 79.9. The van der Waals surface area contributed by atoms with Crippen molar-refractivity contribution in [3.05, 3.63) is 110 Å². The van der Waals surface area contributed by atoms with E-state index in [4.69, 9.17) is 5.11 Å². The second kappa shape index (κ2) is 15.1. The summed E-state index contributed by atoms with van der Waals surface area (Å²) in [5, 5.41) is 32.4. The van der Waals surface area contributed by atoms with Gasteiger partial charge in [-0.05, 0) is 84.8 Å². The Hall–Kier alpha value is -4.56. The van der Waals surface area contributed by atoms with Gasteiger partial charge in [-0.3, -0.25) is 14.9 Å². The lowest BCUT2D eigenvalue weighted by Gasteiger charge is -2.25. The molecule has 46 heavy (non-hydrogen) atoms. The van der Waals surface area contributed by atoms with Gasteiger partial charge in [-0.15, -0.1) is 0 Å². The molecule has 0 unspecified atom stereocenters. The number of aliphatic hydroxyl groups is 1. The zero-order valence-electron chi connectivity index (χ0n) is 24.3. The fourth-order valence-electron chi connectivity index (χ4n) is 4.86. The van der Waals surface area contributed by atoms with Gasteiger partial charge >= 0.3 is 12.1 Å². The Bertz CT molecular complexity index is 1640. The average Bonchev–Trinajstić information content (AvgIpc) is 3.02. The number of carboxylic acids is 1. The minimum Gasteiger partial charge on any atom is -0.479 e. The molecule has 3 N–H and O–H groups in total. The van der Waals surface area contributed by atoms with Crippen molar-refractivity contribution in [3.63, 3.8) is 0 Å². The molecule has 14 heteroatoms. The number of alkyl halides is 3. The van der Waals surface area contributed by atoms with Crippen LogP contribution < -0.4 is 10.2 Å². The number of anilines is 1. The Morgan fingerprint density at radius 2 is 1.76 bits per heavy atom. The molecule has 3 aromatic carbocycles. The van der Waals surface area contributed by atoms with E-state index in [0.717, 1.165) is 43.4 Å². The molecule has 4 rings (SSSR count). The predicted octanol–water partition coefficient (Wildman–Crippen LogP) is 6.61. The van der Waals surface area contributed by atoms with Crippen LogP contribution in [0.1, 0.15) is 52.7 Å². The summed E-state index contributed by atoms with van der Waals surface area (Å²) in [4.78, 5) is 40.3. The smallest absolute Gasteiger partial charge is 0.416 e. The van der Waals surface area contributed by atoms with Gasteiger partial charge in [-0.2, -0.15) is 13.2 Å². The number of carboxylic acid groups (broad SMARTS) is 1. The van der Waals surface area contributed by atoms with Gasteiger partial charge in [0.1, 0.15) is 0 Å². The number of amidine groups is 1. The van der Waals surface area contributed by atoms with E-state index < -0.39 is 47.7 Å². The third-order valence-electron chi connectivity index (χ3n) is 7.19. The number of hydrogen-bond acceptors (Lipinski definition) is 6. The first-order chi connectivity index (χ1) is 21.8. The second-order valence-electron chi connectivity index (χ2n) is 10.6. The normalized spacial score (nSPS) is 14.3. The molecule has 0 aliphatic heterocycles. The highest BCUT2D eigenvalue weighted by Crippen LogP contribution is 2.35. The molecule has 1 amide bonds. The van der Waals surface area contributed by atoms with Gasteiger partial charge < -0.3 is 20.4 Å². The molecule has 0 spiro atoms. The van der Waals surface area contributed by atoms with Crippen LogP contribution in [0.5, 0.6) is 0 Å². The number of aliphatic hydroxyl groups excluding tert-OH is 1. The summed E-state index contributed by atoms with van der Waals surface area (Å²) < 4.78 is 40.8. The summed E-state index contributed by atoms with van der Waals surface area (Å²) >= 11 is 3.07. The number of aliphatic carboxylic acids is 1. The lowest BCUT2D eigenvalue weighted by Crippen LogP contribution is -2.36. The lowest BCUT2D eigenvalue weighted by atomic mass is 9.93. The van der Waals surface area contributed by atoms with Gasteiger partial charge in [0.2, 0.25) is 0 Å². The fraction of sp³-hybridized carbons (Fsp3) is 0.281. The Morgan fingerprint density at radius 3 is 2.35 bits per heavy atom. The number of hydrogen-bond donors (Lipinski definition) is 3. The molecule has 1 aliphatic rings. The van der Waals surface area contributed by atoms with E-state index in [1.807, 2.05) is 12.1 Å². The van der Waals surface area contributed by atoms with E-state index in [9.17, 15) is 38.0 Å². The van der Waals surface area contributed by atoms with Gasteiger partial charge in [0.05, 0.1) is 17.8 Å². The number of aliphatic imine (C=N–C) groups is 1. The van der Waals surface area contributed by atoms with E-state index in [2.05, 4.69) is 32.3 Å². The van der Waals surface area contributed by atoms with Crippen LogP contribution in [0.4, 0.5) is 24.5 Å². The number of allylic oxidation sites excluding steroid dienone is 2. The van der Waals surface area contributed by atoms with Crippen LogP contribution in [0, 0.1) is 10.1 Å². The highest BCUT2D eigenvalue weighted by molar-refractivity contribution is 9.10. The van der Waals surface area contributed by atoms with Crippen molar-refractivity contribution >= 4 is 50.6 Å². The van der Waals surface area contributed by atoms with Gasteiger partial charge in [0.25, 0.3) is 12.5 Å². The molecule has 0 fully saturated rings. The SMILES string of the molecule is O=C(NC[C@@H](O)C(=O)O)c1ccc(CN(C(C[N+](=O)[O-])=Nc2cc(Br)cc(C(F)(F)F)c2)c2ccc(C3=CCCCC3)cc2)cc1. The van der Waals surface area contributed by atoms with Crippen molar-refractivity contribution in [3.8, 4) is 0 Å². The molecule has 0 bridgehead atoms. The number of amides is 1. The van der Waals surface area contributed by atoms with Crippen LogP contribution in [-0.4, -0.2) is 52.0 Å². The van der Waals surface area contributed by atoms with E-state index in [0.29, 0.717) is 11.3 Å². The molecule has 10 nitrogen and oxygen atoms in total. The number of nitrogens with one attached hydrogen (secondary N) is 1. The summed E-state index contributed by atoms with van der Waals surface area (Å²) in [6.45, 7) is -1.29. The molecule has 242 valence electrons. The first-order valence-electron chi connectivity index (χ1n) is 14.2. The van der Waals surface area contributed by atoms with Gasteiger partial charge in [-0.1, -0.05) is 46.3 Å². The number of benzene rings is 3. The van der Waals surface area contributed by atoms with Crippen molar-refractivity contribution < 1.29 is 37.9 Å². The van der Waals surface area contributed by atoms with Gasteiger partial charge in [0.15, 0.2) is 11.9 Å². The first kappa shape index (κ1) is 34.3. The maximum atomic E-state index is 13.6. The Morgan fingerprint density at radius 1 is 1.07 bits per heavy atom. The van der Waals surface area contributed by atoms with Crippen molar-refractivity contribution in [2.24, 2.45) is 4.99 Å². The van der Waals surface area contributed by atoms with Gasteiger partial charge in [0, 0.05) is 27.2 Å². The number of carbonyl (C=O) groups is 2. The van der Waals surface area contributed by atoms with Gasteiger partial charge in [-0.25, -0.2) is 9.79 Å². The highest BCUT2D eigenvalue weighted by Gasteiger charge is 2.31. The lowest BCUT2D eigenvalue weighted by molar-refractivity contribution is -0.463. The molecule has 1 aliphatic carbocycles. The minimum atomic E-state index is -4.67. The number of carbonyl (C=O) groups excluding carboxylic acids is 1. The van der Waals surface area contributed by atoms with E-state index in [-0.39, 0.29) is 28.1 Å². The maximum absolute atomic E-state index is 13.6. The summed E-state index contributed by atoms with van der Waals surface area (Å²) in [6.07, 6.45) is -0.163. The Balaban J connectivity index is 1.71. The van der Waals surface area contributed by atoms with E-state index in [1.54, 1.807) is 24.3 Å². The predicted molar refractivity (Wildman–Crippen MR) is 170 cm³/mol. The Labute approximate surface area is 270 Å². The first-order valence-corrected chi connectivity index (χ1v) is 15.0. The molecule has 0 heterocycles. The number of nitro groups is 1. The van der Waals surface area contributed by atoms with Crippen molar-refractivity contribution in [2.45, 2.75) is 44.5 Å². The minimum absolute atomic E-state index is 0.00841. The standard InChI is InChI=1S/C32H30BrF3N4O6/c33-25-14-24(32(34,35)36)15-26(16-25)38-29(19-40(45)46)39(27-12-10-22(11-13-27)21-4-2-1-3-5-21)18-20-6-8-23(9-7-20)30(42)37-17-28(41)31(43)44/h4,6-16,28,41H,1-3,5,17-19H2,(H,37,42)(H,43,44)/t28-/m1/s1. The van der Waals surface area contributed by atoms with Crippen LogP contribution in [0.3, 0.4) is 0 Å². The van der Waals surface area contributed by atoms with Crippen LogP contribution in [0.25, 0.3) is 5.57 Å². The summed E-state index contributed by atoms with van der Waals surface area (Å²) in [6, 6.07) is 16.5. The monoisotopic (exact) mass is 702 g/mol. The Kier molecular flexibility index (Phi) is 11.3. The molecular weight excluding hydrogens is 673 g/mol. The van der Waals surface area contributed by atoms with Crippen LogP contribution in [-0.2, 0) is 17.5 Å². The zero-order valence-corrected chi connectivity index (χ0v) is 25.9. The fourth-order valence-corrected chi connectivity index (χ4v) is 5.34. The molecule has 3 aromatic rings. The number of halogens is 4. The van der Waals surface area contributed by atoms with Crippen molar-refractivity contribution in [2.75, 3.05) is 18.0 Å². The summed E-state index contributed by atoms with van der Waals surface area (Å²) in [5.41, 5.74) is 2.36. The molecule has 0 radical (unpaired) electrons. The molecular formula is C32H30BrF3N4O6. The largest absolute Gasteiger partial charge is 0.479 e. The van der Waals surface area contributed by atoms with E-state index >= 15 is 0 Å². The third kappa shape index (κ3) is 9.47. The molecule has 1 atom stereocenters. The third-order valence-corrected chi connectivity index (χ3v) is 7.65. The van der Waals surface area contributed by atoms with Crippen molar-refractivity contribution in [1.29, 1.82) is 0 Å². The molecule has 0 saturated carbocycles. The van der Waals surface area contributed by atoms with Crippen LogP contribution in [0.15, 0.2) is 82.3 Å². The van der Waals surface area contributed by atoms with Crippen LogP contribution in [0.2, 0.25) is 0 Å². The molecule has 0 aromatic heterocycles. The van der Waals surface area contributed by atoms with E-state index in [1.165, 1.54) is 28.7 Å². The quantitative estimate of drug-likeness (QED) is 0.0882. The zero-order chi connectivity index (χ0) is 33.4. The summed E-state index contributed by atoms with van der Waals surface area (Å²) in [7, 11) is 0. The number of nitrogens with zero attached hydrogens (tertiary/aromatic N) is 3. The van der Waals surface area contributed by atoms with Crippen molar-refractivity contribution in [1.82, 2.24) is 5.32 Å². The topological polar surface area (TPSA) is 145 Å².